The van der Waals surface area contributed by atoms with Crippen molar-refractivity contribution in [1.82, 2.24) is 0 Å². The van der Waals surface area contributed by atoms with Gasteiger partial charge in [0.25, 0.3) is 0 Å². The summed E-state index contributed by atoms with van der Waals surface area (Å²) < 4.78 is 8.56. The Labute approximate surface area is 77.3 Å². The standard InChI is InChI=1S/2C3H6O2Si/c2*1-2-3(4)5-6/h2*2H,1H2,6H3. The maximum atomic E-state index is 9.88. The van der Waals surface area contributed by atoms with Crippen LogP contribution < -0.4 is 0 Å². The second-order valence-electron chi connectivity index (χ2n) is 1.45. The summed E-state index contributed by atoms with van der Waals surface area (Å²) in [6, 6.07) is 0. The molecule has 0 spiro atoms. The Hall–Kier alpha value is -1.15. The maximum Gasteiger partial charge on any atom is 0.316 e. The predicted molar refractivity (Wildman–Crippen MR) is 52.5 cm³/mol. The first-order valence-corrected chi connectivity index (χ1v) is 4.66. The van der Waals surface area contributed by atoms with E-state index in [2.05, 4.69) is 22.0 Å². The highest BCUT2D eigenvalue weighted by molar-refractivity contribution is 6.07. The number of hydrogen-bond acceptors (Lipinski definition) is 4. The molecule has 0 aromatic rings. The van der Waals surface area contributed by atoms with Gasteiger partial charge in [0, 0.05) is 12.2 Å². The molecule has 0 rings (SSSR count). The molecule has 0 N–H and O–H groups in total. The van der Waals surface area contributed by atoms with Crippen LogP contribution in [0.1, 0.15) is 0 Å². The van der Waals surface area contributed by atoms with E-state index in [1.165, 1.54) is 0 Å². The van der Waals surface area contributed by atoms with Gasteiger partial charge in [-0.2, -0.15) is 0 Å². The summed E-state index contributed by atoms with van der Waals surface area (Å²) in [6.45, 7) is 6.36. The number of hydrogen-bond donors (Lipinski definition) is 0. The van der Waals surface area contributed by atoms with E-state index >= 15 is 0 Å². The minimum Gasteiger partial charge on any atom is -0.526 e. The number of carbonyl (C=O) groups is 2. The molecule has 0 fully saturated rings. The van der Waals surface area contributed by atoms with Crippen LogP contribution in [0.4, 0.5) is 0 Å². The Balaban J connectivity index is 0. The van der Waals surface area contributed by atoms with E-state index < -0.39 is 0 Å². The number of carbonyl (C=O) groups excluding carboxylic acids is 2. The van der Waals surface area contributed by atoms with E-state index in [1.807, 2.05) is 0 Å². The van der Waals surface area contributed by atoms with Gasteiger partial charge in [-0.05, 0) is 0 Å². The Bertz CT molecular complexity index is 158. The average Bonchev–Trinajstić information content (AvgIpc) is 2.16. The van der Waals surface area contributed by atoms with Gasteiger partial charge in [-0.25, -0.2) is 9.59 Å². The fourth-order valence-electron chi connectivity index (χ4n) is 0.167. The van der Waals surface area contributed by atoms with Crippen LogP contribution in [0, 0.1) is 0 Å². The lowest BCUT2D eigenvalue weighted by molar-refractivity contribution is -0.129. The minimum atomic E-state index is -0.332. The van der Waals surface area contributed by atoms with Crippen molar-refractivity contribution < 1.29 is 18.4 Å². The second kappa shape index (κ2) is 9.85. The summed E-state index contributed by atoms with van der Waals surface area (Å²) in [5.41, 5.74) is 0. The van der Waals surface area contributed by atoms with E-state index in [4.69, 9.17) is 0 Å². The molecule has 0 unspecified atom stereocenters. The van der Waals surface area contributed by atoms with Crippen molar-refractivity contribution >= 4 is 32.9 Å². The van der Waals surface area contributed by atoms with Gasteiger partial charge in [-0.1, -0.05) is 13.2 Å². The highest BCUT2D eigenvalue weighted by Crippen LogP contribution is 1.67. The molecule has 0 heterocycles. The van der Waals surface area contributed by atoms with Gasteiger partial charge in [-0.15, -0.1) is 0 Å². The van der Waals surface area contributed by atoms with Crippen molar-refractivity contribution in [2.75, 3.05) is 0 Å². The second-order valence-corrected chi connectivity index (χ2v) is 2.27. The van der Waals surface area contributed by atoms with Crippen molar-refractivity contribution in [3.05, 3.63) is 25.3 Å². The third-order valence-electron chi connectivity index (χ3n) is 0.736. The summed E-state index contributed by atoms with van der Waals surface area (Å²) in [6.07, 6.45) is 2.29. The van der Waals surface area contributed by atoms with Crippen LogP contribution in [0.3, 0.4) is 0 Å². The van der Waals surface area contributed by atoms with E-state index in [9.17, 15) is 9.59 Å². The molecule has 0 amide bonds. The van der Waals surface area contributed by atoms with E-state index in [0.717, 1.165) is 12.2 Å². The van der Waals surface area contributed by atoms with Crippen LogP contribution in [0.25, 0.3) is 0 Å². The third kappa shape index (κ3) is 11.6. The minimum absolute atomic E-state index is 0.332. The molecule has 68 valence electrons. The van der Waals surface area contributed by atoms with Crippen molar-refractivity contribution in [3.63, 3.8) is 0 Å². The highest BCUT2D eigenvalue weighted by atomic mass is 28.2. The Morgan fingerprint density at radius 1 is 1.00 bits per heavy atom. The van der Waals surface area contributed by atoms with Crippen molar-refractivity contribution in [2.45, 2.75) is 0 Å². The van der Waals surface area contributed by atoms with Crippen molar-refractivity contribution in [1.29, 1.82) is 0 Å². The van der Waals surface area contributed by atoms with Gasteiger partial charge in [0.2, 0.25) is 21.0 Å². The van der Waals surface area contributed by atoms with Gasteiger partial charge in [0.1, 0.15) is 0 Å². The Morgan fingerprint density at radius 2 is 1.25 bits per heavy atom. The molecule has 0 aliphatic rings. The molecule has 4 nitrogen and oxygen atoms in total. The summed E-state index contributed by atoms with van der Waals surface area (Å²) in [4.78, 5) is 19.8. The zero-order valence-corrected chi connectivity index (χ0v) is 11.2. The predicted octanol–water partition coefficient (Wildman–Crippen LogP) is -2.01. The lowest BCUT2D eigenvalue weighted by atomic mass is 10.7. The topological polar surface area (TPSA) is 52.6 Å². The van der Waals surface area contributed by atoms with Gasteiger partial charge in [0.15, 0.2) is 0 Å². The molecule has 0 aromatic heterocycles. The summed E-state index contributed by atoms with van der Waals surface area (Å²) in [5, 5.41) is 0. The molecule has 12 heavy (non-hydrogen) atoms. The monoisotopic (exact) mass is 204 g/mol. The van der Waals surface area contributed by atoms with E-state index in [1.54, 1.807) is 0 Å². The molecule has 6 heteroatoms. The molecule has 0 atom stereocenters. The first kappa shape index (κ1) is 13.4. The molecular weight excluding hydrogens is 192 g/mol. The quantitative estimate of drug-likeness (QED) is 0.385. The number of rotatable bonds is 2. The normalized spacial score (nSPS) is 7.33. The summed E-state index contributed by atoms with van der Waals surface area (Å²) in [7, 11) is 0.923. The third-order valence-corrected chi connectivity index (χ3v) is 1.54. The molecule has 0 bridgehead atoms. The molecule has 0 aliphatic heterocycles. The van der Waals surface area contributed by atoms with Crippen molar-refractivity contribution in [2.24, 2.45) is 0 Å². The molecule has 0 radical (unpaired) electrons. The van der Waals surface area contributed by atoms with Gasteiger partial charge >= 0.3 is 11.9 Å². The van der Waals surface area contributed by atoms with Crippen LogP contribution >= 0.6 is 0 Å². The van der Waals surface area contributed by atoms with Crippen LogP contribution in [0.2, 0.25) is 0 Å². The van der Waals surface area contributed by atoms with E-state index in [0.29, 0.717) is 21.0 Å². The summed E-state index contributed by atoms with van der Waals surface area (Å²) in [5.74, 6) is -0.664. The average molecular weight is 204 g/mol. The van der Waals surface area contributed by atoms with Gasteiger partial charge in [0.05, 0.1) is 0 Å². The fraction of sp³-hybridized carbons (Fsp3) is 0. The van der Waals surface area contributed by atoms with Crippen LogP contribution in [-0.4, -0.2) is 32.9 Å². The Morgan fingerprint density at radius 3 is 1.25 bits per heavy atom. The van der Waals surface area contributed by atoms with Gasteiger partial charge < -0.3 is 8.85 Å². The highest BCUT2D eigenvalue weighted by Gasteiger charge is 1.81. The van der Waals surface area contributed by atoms with Crippen LogP contribution in [-0.2, 0) is 18.4 Å². The fourth-order valence-corrected chi connectivity index (χ4v) is 0.500. The van der Waals surface area contributed by atoms with E-state index in [-0.39, 0.29) is 11.9 Å². The molecule has 0 aliphatic carbocycles. The SMILES string of the molecule is C=CC(=O)O[SiH3].C=CC(=O)O[SiH3]. The first-order chi connectivity index (χ1) is 5.62. The summed E-state index contributed by atoms with van der Waals surface area (Å²) >= 11 is 0. The molecule has 0 aromatic carbocycles. The molecular formula is C6H12O4Si2. The van der Waals surface area contributed by atoms with Crippen LogP contribution in [0.5, 0.6) is 0 Å². The van der Waals surface area contributed by atoms with Crippen LogP contribution in [0.15, 0.2) is 25.3 Å². The zero-order valence-electron chi connectivity index (χ0n) is 7.20. The smallest absolute Gasteiger partial charge is 0.316 e. The Kier molecular flexibility index (Phi) is 11.0. The lowest BCUT2D eigenvalue weighted by Gasteiger charge is -1.84. The maximum absolute atomic E-state index is 9.88. The first-order valence-electron chi connectivity index (χ1n) is 3.03. The molecule has 0 saturated carbocycles. The lowest BCUT2D eigenvalue weighted by Crippen LogP contribution is -1.93. The van der Waals surface area contributed by atoms with Gasteiger partial charge in [-0.3, -0.25) is 0 Å². The molecule has 0 saturated heterocycles. The largest absolute Gasteiger partial charge is 0.526 e. The van der Waals surface area contributed by atoms with Crippen molar-refractivity contribution in [3.8, 4) is 0 Å². The zero-order chi connectivity index (χ0) is 9.98.